The first kappa shape index (κ1) is 14.4. The molecule has 1 heterocycles. The van der Waals surface area contributed by atoms with Crippen molar-refractivity contribution in [3.05, 3.63) is 64.0 Å². The molecule has 0 saturated carbocycles. The molecule has 3 aromatic rings. The van der Waals surface area contributed by atoms with E-state index in [0.717, 1.165) is 11.1 Å². The molecule has 0 fully saturated rings. The van der Waals surface area contributed by atoms with Crippen LogP contribution < -0.4 is 5.43 Å². The van der Waals surface area contributed by atoms with E-state index in [1.165, 1.54) is 12.1 Å². The van der Waals surface area contributed by atoms with Gasteiger partial charge in [0.2, 0.25) is 5.43 Å². The molecule has 0 aliphatic heterocycles. The van der Waals surface area contributed by atoms with Crippen molar-refractivity contribution in [3.8, 4) is 16.9 Å². The van der Waals surface area contributed by atoms with Gasteiger partial charge in [0, 0.05) is 12.0 Å². The average Bonchev–Trinajstić information content (AvgIpc) is 2.48. The molecule has 0 unspecified atom stereocenters. The summed E-state index contributed by atoms with van der Waals surface area (Å²) in [4.78, 5) is 12.9. The Kier molecular flexibility index (Phi) is 3.49. The summed E-state index contributed by atoms with van der Waals surface area (Å²) in [5.74, 6) is 0.802. The topological polar surface area (TPSA) is 50.4 Å². The van der Waals surface area contributed by atoms with E-state index in [0.29, 0.717) is 22.3 Å². The van der Waals surface area contributed by atoms with Crippen LogP contribution in [0.15, 0.2) is 51.7 Å². The third kappa shape index (κ3) is 2.39. The van der Waals surface area contributed by atoms with Gasteiger partial charge in [0.1, 0.15) is 17.1 Å². The van der Waals surface area contributed by atoms with Crippen LogP contribution in [0.2, 0.25) is 0 Å². The summed E-state index contributed by atoms with van der Waals surface area (Å²) in [6.07, 6.45) is 0. The summed E-state index contributed by atoms with van der Waals surface area (Å²) in [5, 5.41) is 10.1. The van der Waals surface area contributed by atoms with Crippen LogP contribution in [-0.2, 0) is 0 Å². The summed E-state index contributed by atoms with van der Waals surface area (Å²) in [6, 6.07) is 12.5. The van der Waals surface area contributed by atoms with Gasteiger partial charge < -0.3 is 9.52 Å². The lowest BCUT2D eigenvalue weighted by molar-refractivity contribution is 0.470. The van der Waals surface area contributed by atoms with Gasteiger partial charge >= 0.3 is 0 Å². The van der Waals surface area contributed by atoms with E-state index in [9.17, 15) is 9.90 Å². The van der Waals surface area contributed by atoms with Crippen LogP contribution in [0.25, 0.3) is 22.1 Å². The van der Waals surface area contributed by atoms with Gasteiger partial charge in [-0.1, -0.05) is 43.7 Å². The normalized spacial score (nSPS) is 11.3. The molecule has 0 amide bonds. The lowest BCUT2D eigenvalue weighted by Crippen LogP contribution is -2.10. The van der Waals surface area contributed by atoms with Gasteiger partial charge in [0.15, 0.2) is 0 Å². The van der Waals surface area contributed by atoms with Gasteiger partial charge in [-0.05, 0) is 24.6 Å². The van der Waals surface area contributed by atoms with Crippen molar-refractivity contribution in [2.24, 2.45) is 0 Å². The van der Waals surface area contributed by atoms with Gasteiger partial charge in [-0.2, -0.15) is 0 Å². The number of aryl methyl sites for hydroxylation is 1. The fraction of sp³-hybridized carbons (Fsp3) is 0.211. The number of hydrogen-bond acceptors (Lipinski definition) is 3. The first-order valence-corrected chi connectivity index (χ1v) is 7.34. The van der Waals surface area contributed by atoms with E-state index in [2.05, 4.69) is 0 Å². The van der Waals surface area contributed by atoms with E-state index in [1.807, 2.05) is 45.0 Å². The number of phenolic OH excluding ortho intramolecular Hbond substituents is 1. The SMILES string of the molecule is Cc1ccc(-c2c(C(C)C)oc3cc(O)ccc3c2=O)cc1. The number of phenols is 1. The fourth-order valence-corrected chi connectivity index (χ4v) is 2.60. The Balaban J connectivity index is 2.39. The first-order chi connectivity index (χ1) is 10.5. The first-order valence-electron chi connectivity index (χ1n) is 7.34. The highest BCUT2D eigenvalue weighted by atomic mass is 16.3. The van der Waals surface area contributed by atoms with Crippen LogP contribution >= 0.6 is 0 Å². The zero-order valence-electron chi connectivity index (χ0n) is 12.9. The standard InChI is InChI=1S/C19H18O3/c1-11(2)19-17(13-6-4-12(3)5-7-13)18(21)15-9-8-14(20)10-16(15)22-19/h4-11,20H,1-3H3. The highest BCUT2D eigenvalue weighted by Crippen LogP contribution is 2.30. The maximum absolute atomic E-state index is 12.9. The van der Waals surface area contributed by atoms with Crippen LogP contribution in [0.5, 0.6) is 5.75 Å². The summed E-state index contributed by atoms with van der Waals surface area (Å²) < 4.78 is 5.94. The highest BCUT2D eigenvalue weighted by Gasteiger charge is 2.18. The van der Waals surface area contributed by atoms with Gasteiger partial charge in [-0.3, -0.25) is 4.79 Å². The van der Waals surface area contributed by atoms with Gasteiger partial charge in [-0.25, -0.2) is 0 Å². The monoisotopic (exact) mass is 294 g/mol. The Morgan fingerprint density at radius 2 is 1.73 bits per heavy atom. The minimum absolute atomic E-state index is 0.0613. The quantitative estimate of drug-likeness (QED) is 0.751. The minimum atomic E-state index is -0.0613. The van der Waals surface area contributed by atoms with Crippen LogP contribution in [0.4, 0.5) is 0 Å². The van der Waals surface area contributed by atoms with E-state index >= 15 is 0 Å². The third-order valence-corrected chi connectivity index (χ3v) is 3.77. The van der Waals surface area contributed by atoms with E-state index in [4.69, 9.17) is 4.42 Å². The minimum Gasteiger partial charge on any atom is -0.508 e. The Labute approximate surface area is 128 Å². The lowest BCUT2D eigenvalue weighted by Gasteiger charge is -2.13. The van der Waals surface area contributed by atoms with E-state index in [-0.39, 0.29) is 17.1 Å². The summed E-state index contributed by atoms with van der Waals surface area (Å²) in [7, 11) is 0. The van der Waals surface area contributed by atoms with Crippen molar-refractivity contribution in [2.45, 2.75) is 26.7 Å². The fourth-order valence-electron chi connectivity index (χ4n) is 2.60. The van der Waals surface area contributed by atoms with Crippen LogP contribution in [0, 0.1) is 6.92 Å². The second-order valence-corrected chi connectivity index (χ2v) is 5.87. The molecule has 22 heavy (non-hydrogen) atoms. The Morgan fingerprint density at radius 1 is 1.05 bits per heavy atom. The van der Waals surface area contributed by atoms with Crippen molar-refractivity contribution >= 4 is 11.0 Å². The largest absolute Gasteiger partial charge is 0.508 e. The molecule has 1 aromatic heterocycles. The van der Waals surface area contributed by atoms with Crippen molar-refractivity contribution in [2.75, 3.05) is 0 Å². The molecule has 112 valence electrons. The smallest absolute Gasteiger partial charge is 0.200 e. The molecule has 0 saturated heterocycles. The number of benzene rings is 2. The zero-order chi connectivity index (χ0) is 15.9. The van der Waals surface area contributed by atoms with E-state index in [1.54, 1.807) is 6.07 Å². The van der Waals surface area contributed by atoms with Gasteiger partial charge in [0.25, 0.3) is 0 Å². The molecule has 0 radical (unpaired) electrons. The Morgan fingerprint density at radius 3 is 2.36 bits per heavy atom. The second kappa shape index (κ2) is 5.34. The predicted octanol–water partition coefficient (Wildman–Crippen LogP) is 4.60. The van der Waals surface area contributed by atoms with Crippen molar-refractivity contribution < 1.29 is 9.52 Å². The molecule has 3 nitrogen and oxygen atoms in total. The van der Waals surface area contributed by atoms with Gasteiger partial charge in [-0.15, -0.1) is 0 Å². The number of aromatic hydroxyl groups is 1. The lowest BCUT2D eigenvalue weighted by atomic mass is 9.96. The summed E-state index contributed by atoms with van der Waals surface area (Å²) in [5.41, 5.74) is 2.97. The maximum atomic E-state index is 12.9. The molecular weight excluding hydrogens is 276 g/mol. The molecule has 2 aromatic carbocycles. The molecular formula is C19H18O3. The molecule has 3 rings (SSSR count). The number of rotatable bonds is 2. The van der Waals surface area contributed by atoms with Crippen molar-refractivity contribution in [1.82, 2.24) is 0 Å². The molecule has 0 aliphatic rings. The molecule has 3 heteroatoms. The predicted molar refractivity (Wildman–Crippen MR) is 88.4 cm³/mol. The summed E-state index contributed by atoms with van der Waals surface area (Å²) in [6.45, 7) is 5.99. The zero-order valence-corrected chi connectivity index (χ0v) is 12.9. The number of hydrogen-bond donors (Lipinski definition) is 1. The van der Waals surface area contributed by atoms with Crippen LogP contribution in [-0.4, -0.2) is 5.11 Å². The number of fused-ring (bicyclic) bond motifs is 1. The molecule has 1 N–H and O–H groups in total. The average molecular weight is 294 g/mol. The Bertz CT molecular complexity index is 887. The molecule has 0 bridgehead atoms. The molecule has 0 spiro atoms. The second-order valence-electron chi connectivity index (χ2n) is 5.87. The Hall–Kier alpha value is -2.55. The van der Waals surface area contributed by atoms with Crippen LogP contribution in [0.3, 0.4) is 0 Å². The maximum Gasteiger partial charge on any atom is 0.200 e. The van der Waals surface area contributed by atoms with Crippen molar-refractivity contribution in [1.29, 1.82) is 0 Å². The molecule has 0 aliphatic carbocycles. The summed E-state index contributed by atoms with van der Waals surface area (Å²) >= 11 is 0. The van der Waals surface area contributed by atoms with Gasteiger partial charge in [0.05, 0.1) is 10.9 Å². The van der Waals surface area contributed by atoms with Crippen LogP contribution in [0.1, 0.15) is 31.1 Å². The third-order valence-electron chi connectivity index (χ3n) is 3.77. The van der Waals surface area contributed by atoms with Crippen molar-refractivity contribution in [3.63, 3.8) is 0 Å². The highest BCUT2D eigenvalue weighted by molar-refractivity contribution is 5.84. The van der Waals surface area contributed by atoms with E-state index < -0.39 is 0 Å². The molecule has 0 atom stereocenters.